The predicted octanol–water partition coefficient (Wildman–Crippen LogP) is 3.22. The third kappa shape index (κ3) is 1.72. The molecule has 0 aliphatic heterocycles. The second-order valence-corrected chi connectivity index (χ2v) is 3.81. The van der Waals surface area contributed by atoms with E-state index in [1.807, 2.05) is 12.1 Å². The van der Waals surface area contributed by atoms with Gasteiger partial charge in [-0.1, -0.05) is 17.7 Å². The summed E-state index contributed by atoms with van der Waals surface area (Å²) in [4.78, 5) is 0. The average Bonchev–Trinajstić information content (AvgIpc) is 2.81. The lowest BCUT2D eigenvalue weighted by molar-refractivity contribution is 1.15. The highest BCUT2D eigenvalue weighted by molar-refractivity contribution is 6.33. The molecule has 0 amide bonds. The van der Waals surface area contributed by atoms with Gasteiger partial charge >= 0.3 is 0 Å². The summed E-state index contributed by atoms with van der Waals surface area (Å²) in [6, 6.07) is 6.74. The number of benzene rings is 1. The van der Waals surface area contributed by atoms with Crippen LogP contribution in [-0.4, -0.2) is 6.04 Å². The Hall–Kier alpha value is -0.690. The maximum atomic E-state index is 6.01. The fourth-order valence-electron chi connectivity index (χ4n) is 1.20. The fraction of sp³-hybridized carbons (Fsp3) is 0.400. The predicted molar refractivity (Wildman–Crippen MR) is 52.8 cm³/mol. The number of hydrogen-bond donors (Lipinski definition) is 1. The lowest BCUT2D eigenvalue weighted by Crippen LogP contribution is -2.01. The van der Waals surface area contributed by atoms with E-state index in [2.05, 4.69) is 18.3 Å². The maximum absolute atomic E-state index is 6.01. The van der Waals surface area contributed by atoms with Gasteiger partial charge in [-0.15, -0.1) is 0 Å². The first-order valence-corrected chi connectivity index (χ1v) is 4.66. The molecule has 1 nitrogen and oxygen atoms in total. The van der Waals surface area contributed by atoms with Crippen molar-refractivity contribution in [1.29, 1.82) is 0 Å². The quantitative estimate of drug-likeness (QED) is 0.739. The minimum atomic E-state index is 0.671. The molecule has 1 aromatic rings. The molecular formula is C10H12ClN. The Morgan fingerprint density at radius 3 is 2.83 bits per heavy atom. The first kappa shape index (κ1) is 7.93. The van der Waals surface area contributed by atoms with Gasteiger partial charge in [-0.05, 0) is 37.5 Å². The molecule has 0 atom stereocenters. The van der Waals surface area contributed by atoms with E-state index >= 15 is 0 Å². The molecule has 0 saturated heterocycles. The smallest absolute Gasteiger partial charge is 0.0637 e. The SMILES string of the molecule is Cc1ccc(Cl)c(NC2CC2)c1. The highest BCUT2D eigenvalue weighted by Crippen LogP contribution is 2.29. The van der Waals surface area contributed by atoms with Gasteiger partial charge in [0.15, 0.2) is 0 Å². The Morgan fingerprint density at radius 2 is 2.17 bits per heavy atom. The summed E-state index contributed by atoms with van der Waals surface area (Å²) in [5.41, 5.74) is 2.33. The molecule has 1 saturated carbocycles. The number of halogens is 1. The van der Waals surface area contributed by atoms with E-state index in [1.165, 1.54) is 18.4 Å². The van der Waals surface area contributed by atoms with Crippen molar-refractivity contribution < 1.29 is 0 Å². The third-order valence-electron chi connectivity index (χ3n) is 2.06. The number of nitrogens with one attached hydrogen (secondary N) is 1. The normalized spacial score (nSPS) is 16.2. The van der Waals surface area contributed by atoms with Crippen molar-refractivity contribution in [1.82, 2.24) is 0 Å². The van der Waals surface area contributed by atoms with Gasteiger partial charge in [0.1, 0.15) is 0 Å². The van der Waals surface area contributed by atoms with Crippen LogP contribution in [0.15, 0.2) is 18.2 Å². The fourth-order valence-corrected chi connectivity index (χ4v) is 1.37. The van der Waals surface area contributed by atoms with Crippen LogP contribution in [-0.2, 0) is 0 Å². The summed E-state index contributed by atoms with van der Waals surface area (Å²) >= 11 is 6.01. The van der Waals surface area contributed by atoms with Gasteiger partial charge in [-0.25, -0.2) is 0 Å². The zero-order valence-electron chi connectivity index (χ0n) is 7.10. The summed E-state index contributed by atoms with van der Waals surface area (Å²) in [5.74, 6) is 0. The van der Waals surface area contributed by atoms with E-state index in [4.69, 9.17) is 11.6 Å². The van der Waals surface area contributed by atoms with Crippen LogP contribution in [0.2, 0.25) is 5.02 Å². The van der Waals surface area contributed by atoms with Crippen LogP contribution in [0.3, 0.4) is 0 Å². The molecule has 0 bridgehead atoms. The zero-order chi connectivity index (χ0) is 8.55. The van der Waals surface area contributed by atoms with E-state index in [0.29, 0.717) is 6.04 Å². The summed E-state index contributed by atoms with van der Waals surface area (Å²) in [6.45, 7) is 2.08. The van der Waals surface area contributed by atoms with Crippen LogP contribution in [0.5, 0.6) is 0 Å². The minimum Gasteiger partial charge on any atom is -0.381 e. The molecule has 1 N–H and O–H groups in total. The van der Waals surface area contributed by atoms with E-state index in [9.17, 15) is 0 Å². The minimum absolute atomic E-state index is 0.671. The van der Waals surface area contributed by atoms with Gasteiger partial charge in [0.05, 0.1) is 10.7 Å². The van der Waals surface area contributed by atoms with Crippen LogP contribution in [0.1, 0.15) is 18.4 Å². The van der Waals surface area contributed by atoms with Gasteiger partial charge < -0.3 is 5.32 Å². The van der Waals surface area contributed by atoms with Crippen molar-refractivity contribution in [2.45, 2.75) is 25.8 Å². The van der Waals surface area contributed by atoms with Gasteiger partial charge in [-0.3, -0.25) is 0 Å². The standard InChI is InChI=1S/C10H12ClN/c1-7-2-5-9(11)10(6-7)12-8-3-4-8/h2,5-6,8,12H,3-4H2,1H3. The van der Waals surface area contributed by atoms with E-state index < -0.39 is 0 Å². The Labute approximate surface area is 77.7 Å². The van der Waals surface area contributed by atoms with Gasteiger partial charge in [0.25, 0.3) is 0 Å². The molecule has 1 fully saturated rings. The molecule has 0 unspecified atom stereocenters. The average molecular weight is 182 g/mol. The van der Waals surface area contributed by atoms with Crippen LogP contribution in [0, 0.1) is 6.92 Å². The summed E-state index contributed by atoms with van der Waals surface area (Å²) < 4.78 is 0. The Morgan fingerprint density at radius 1 is 1.42 bits per heavy atom. The molecule has 64 valence electrons. The summed E-state index contributed by atoms with van der Waals surface area (Å²) in [6.07, 6.45) is 2.56. The van der Waals surface area contributed by atoms with Crippen molar-refractivity contribution in [3.05, 3.63) is 28.8 Å². The molecule has 2 heteroatoms. The molecule has 1 aromatic carbocycles. The number of rotatable bonds is 2. The zero-order valence-corrected chi connectivity index (χ0v) is 7.86. The molecular weight excluding hydrogens is 170 g/mol. The highest BCUT2D eigenvalue weighted by atomic mass is 35.5. The Bertz CT molecular complexity index is 292. The Balaban J connectivity index is 2.21. The lowest BCUT2D eigenvalue weighted by atomic mass is 10.2. The second-order valence-electron chi connectivity index (χ2n) is 3.40. The topological polar surface area (TPSA) is 12.0 Å². The first-order valence-electron chi connectivity index (χ1n) is 4.28. The molecule has 1 aliphatic carbocycles. The molecule has 1 aliphatic rings. The van der Waals surface area contributed by atoms with E-state index in [1.54, 1.807) is 0 Å². The van der Waals surface area contributed by atoms with Crippen LogP contribution < -0.4 is 5.32 Å². The van der Waals surface area contributed by atoms with Crippen LogP contribution >= 0.6 is 11.6 Å². The van der Waals surface area contributed by atoms with Crippen molar-refractivity contribution in [2.24, 2.45) is 0 Å². The number of aryl methyl sites for hydroxylation is 1. The second kappa shape index (κ2) is 2.98. The highest BCUT2D eigenvalue weighted by Gasteiger charge is 2.21. The van der Waals surface area contributed by atoms with Crippen molar-refractivity contribution in [2.75, 3.05) is 5.32 Å². The Kier molecular flexibility index (Phi) is 1.97. The third-order valence-corrected chi connectivity index (χ3v) is 2.39. The van der Waals surface area contributed by atoms with Gasteiger partial charge in [0, 0.05) is 6.04 Å². The van der Waals surface area contributed by atoms with Crippen LogP contribution in [0.4, 0.5) is 5.69 Å². The first-order chi connectivity index (χ1) is 5.75. The molecule has 0 spiro atoms. The van der Waals surface area contributed by atoms with Crippen molar-refractivity contribution >= 4 is 17.3 Å². The monoisotopic (exact) mass is 181 g/mol. The summed E-state index contributed by atoms with van der Waals surface area (Å²) in [7, 11) is 0. The van der Waals surface area contributed by atoms with Gasteiger partial charge in [-0.2, -0.15) is 0 Å². The molecule has 0 aromatic heterocycles. The lowest BCUT2D eigenvalue weighted by Gasteiger charge is -2.07. The van der Waals surface area contributed by atoms with Crippen LogP contribution in [0.25, 0.3) is 0 Å². The molecule has 0 heterocycles. The number of hydrogen-bond acceptors (Lipinski definition) is 1. The number of anilines is 1. The summed E-state index contributed by atoms with van der Waals surface area (Å²) in [5, 5.41) is 4.22. The van der Waals surface area contributed by atoms with E-state index in [0.717, 1.165) is 10.7 Å². The molecule has 2 rings (SSSR count). The molecule has 12 heavy (non-hydrogen) atoms. The largest absolute Gasteiger partial charge is 0.381 e. The molecule has 0 radical (unpaired) electrons. The maximum Gasteiger partial charge on any atom is 0.0637 e. The van der Waals surface area contributed by atoms with E-state index in [-0.39, 0.29) is 0 Å². The van der Waals surface area contributed by atoms with Crippen molar-refractivity contribution in [3.8, 4) is 0 Å². The van der Waals surface area contributed by atoms with Crippen molar-refractivity contribution in [3.63, 3.8) is 0 Å². The van der Waals surface area contributed by atoms with Gasteiger partial charge in [0.2, 0.25) is 0 Å².